The summed E-state index contributed by atoms with van der Waals surface area (Å²) >= 11 is 0.730. The van der Waals surface area contributed by atoms with E-state index in [1.165, 1.54) is 0 Å². The van der Waals surface area contributed by atoms with Crippen LogP contribution in [-0.2, 0) is 19.4 Å². The van der Waals surface area contributed by atoms with Crippen molar-refractivity contribution in [3.63, 3.8) is 0 Å². The van der Waals surface area contributed by atoms with E-state index >= 15 is 0 Å². The molecule has 0 spiro atoms. The number of aliphatic hydroxyl groups is 5. The highest BCUT2D eigenvalue weighted by Gasteiger charge is 2.44. The van der Waals surface area contributed by atoms with Crippen LogP contribution in [0.15, 0.2) is 5.16 Å². The van der Waals surface area contributed by atoms with Gasteiger partial charge in [0, 0.05) is 6.61 Å². The zero-order valence-electron chi connectivity index (χ0n) is 13.2. The third-order valence-corrected chi connectivity index (χ3v) is 4.82. The molecule has 11 nitrogen and oxygen atoms in total. The molecule has 1 fully saturated rings. The summed E-state index contributed by atoms with van der Waals surface area (Å²) in [6.07, 6.45) is -3.93. The van der Waals surface area contributed by atoms with Crippen molar-refractivity contribution in [3.05, 3.63) is 0 Å². The number of hydrogen-bond acceptors (Lipinski definition) is 11. The predicted octanol–water partition coefficient (Wildman–Crippen LogP) is -1.79. The van der Waals surface area contributed by atoms with Crippen LogP contribution >= 0.6 is 11.8 Å². The van der Waals surface area contributed by atoms with Crippen molar-refractivity contribution in [2.75, 3.05) is 13.2 Å². The predicted molar refractivity (Wildman–Crippen MR) is 87.0 cm³/mol. The van der Waals surface area contributed by atoms with Gasteiger partial charge in [0.25, 0.3) is 0 Å². The number of hydrogen-bond donors (Lipinski definition) is 6. The Kier molecular flexibility index (Phi) is 9.55. The molecule has 5 atom stereocenters. The van der Waals surface area contributed by atoms with Gasteiger partial charge in [0.2, 0.25) is 0 Å². The van der Waals surface area contributed by atoms with E-state index in [4.69, 9.17) is 19.5 Å². The molecule has 0 aromatic heterocycles. The number of nitrogens with zero attached hydrogens (tertiary/aromatic N) is 1. The minimum absolute atomic E-state index is 0.00610. The molecule has 1 saturated heterocycles. The van der Waals surface area contributed by atoms with Gasteiger partial charge in [0.05, 0.1) is 6.61 Å². The van der Waals surface area contributed by atoms with E-state index in [9.17, 15) is 23.7 Å². The highest BCUT2D eigenvalue weighted by Crippen LogP contribution is 2.30. The molecule has 0 aromatic carbocycles. The van der Waals surface area contributed by atoms with Gasteiger partial charge in [0.1, 0.15) is 34.9 Å². The lowest BCUT2D eigenvalue weighted by Gasteiger charge is -2.39. The fourth-order valence-corrected chi connectivity index (χ4v) is 3.42. The smallest absolute Gasteiger partial charge is 0.396 e. The monoisotopic (exact) mass is 405 g/mol. The van der Waals surface area contributed by atoms with Crippen molar-refractivity contribution in [1.29, 1.82) is 0 Å². The molecule has 0 aliphatic carbocycles. The van der Waals surface area contributed by atoms with Crippen molar-refractivity contribution in [2.24, 2.45) is 5.16 Å². The van der Waals surface area contributed by atoms with Gasteiger partial charge in [-0.05, 0) is 19.3 Å². The van der Waals surface area contributed by atoms with Crippen molar-refractivity contribution in [3.8, 4) is 0 Å². The van der Waals surface area contributed by atoms with Gasteiger partial charge in [-0.2, -0.15) is 8.42 Å². The lowest BCUT2D eigenvalue weighted by atomic mass is 10.0. The van der Waals surface area contributed by atoms with Gasteiger partial charge in [0.15, 0.2) is 0 Å². The molecular formula is C12H23NO10S2. The Morgan fingerprint density at radius 3 is 2.32 bits per heavy atom. The standard InChI is InChI=1S/C12H23NO10S2/c14-5-3-1-2-4-8(13-23-25(19,20)21)24-12-11(18)10(17)9(16)7(6-15)22-12/h7,9-12,14-18H,1-6H2,(H,19,20,21)/b13-8-/t7-,9-,10+,11-,12+/m1/s1. The van der Waals surface area contributed by atoms with E-state index in [0.717, 1.165) is 11.8 Å². The molecule has 0 amide bonds. The number of rotatable bonds is 9. The largest absolute Gasteiger partial charge is 0.466 e. The maximum absolute atomic E-state index is 10.7. The molecule has 0 aromatic rings. The van der Waals surface area contributed by atoms with Crippen LogP contribution in [0.5, 0.6) is 0 Å². The molecule has 1 heterocycles. The van der Waals surface area contributed by atoms with Crippen LogP contribution in [0.25, 0.3) is 0 Å². The second-order valence-electron chi connectivity index (χ2n) is 5.34. The summed E-state index contributed by atoms with van der Waals surface area (Å²) in [5.41, 5.74) is -1.16. The number of thioether (sulfide) groups is 1. The lowest BCUT2D eigenvalue weighted by Crippen LogP contribution is -2.57. The third kappa shape index (κ3) is 7.72. The van der Waals surface area contributed by atoms with Crippen molar-refractivity contribution in [1.82, 2.24) is 0 Å². The normalized spacial score (nSPS) is 31.1. The topological polar surface area (TPSA) is 186 Å². The first-order valence-corrected chi connectivity index (χ1v) is 9.75. The van der Waals surface area contributed by atoms with E-state index in [-0.39, 0.29) is 18.1 Å². The molecular weight excluding hydrogens is 382 g/mol. The van der Waals surface area contributed by atoms with Gasteiger partial charge in [-0.25, -0.2) is 4.28 Å². The first-order valence-electron chi connectivity index (χ1n) is 7.50. The van der Waals surface area contributed by atoms with Gasteiger partial charge in [-0.15, -0.1) is 0 Å². The van der Waals surface area contributed by atoms with Gasteiger partial charge in [-0.1, -0.05) is 23.3 Å². The lowest BCUT2D eigenvalue weighted by molar-refractivity contribution is -0.205. The quantitative estimate of drug-likeness (QED) is 0.0835. The number of aliphatic hydroxyl groups excluding tert-OH is 5. The Balaban J connectivity index is 2.80. The fourth-order valence-electron chi connectivity index (χ4n) is 2.08. The van der Waals surface area contributed by atoms with Crippen LogP contribution in [0.3, 0.4) is 0 Å². The third-order valence-electron chi connectivity index (χ3n) is 3.38. The molecule has 25 heavy (non-hydrogen) atoms. The van der Waals surface area contributed by atoms with Crippen LogP contribution in [-0.4, -0.2) is 86.6 Å². The van der Waals surface area contributed by atoms with Crippen LogP contribution < -0.4 is 0 Å². The summed E-state index contributed by atoms with van der Waals surface area (Å²) in [5.74, 6) is 0. The average Bonchev–Trinajstić information content (AvgIpc) is 2.55. The minimum Gasteiger partial charge on any atom is -0.396 e. The van der Waals surface area contributed by atoms with Crippen molar-refractivity contribution >= 4 is 27.2 Å². The first-order chi connectivity index (χ1) is 11.7. The van der Waals surface area contributed by atoms with E-state index in [2.05, 4.69) is 9.44 Å². The zero-order valence-corrected chi connectivity index (χ0v) is 14.8. The Labute approximate surface area is 149 Å². The summed E-state index contributed by atoms with van der Waals surface area (Å²) < 4.78 is 39.2. The SMILES string of the molecule is O=S(=O)(O)O/N=C(/CCCCCO)S[C@@H]1O[C@H](CO)[C@@H](O)[C@H](O)[C@H]1O. The Hall–Kier alpha value is -0.510. The Morgan fingerprint density at radius 1 is 1.08 bits per heavy atom. The number of unbranched alkanes of at least 4 members (excludes halogenated alkanes) is 2. The second kappa shape index (κ2) is 10.6. The Morgan fingerprint density at radius 2 is 1.76 bits per heavy atom. The molecule has 0 saturated carbocycles. The molecule has 1 rings (SSSR count). The molecule has 1 aliphatic rings. The van der Waals surface area contributed by atoms with Crippen LogP contribution in [0.2, 0.25) is 0 Å². The molecule has 13 heteroatoms. The van der Waals surface area contributed by atoms with Crippen LogP contribution in [0.1, 0.15) is 25.7 Å². The number of oxime groups is 1. The fraction of sp³-hybridized carbons (Fsp3) is 0.917. The number of ether oxygens (including phenoxy) is 1. The second-order valence-corrected chi connectivity index (χ2v) is 7.51. The maximum atomic E-state index is 10.7. The van der Waals surface area contributed by atoms with E-state index in [1.54, 1.807) is 0 Å². The van der Waals surface area contributed by atoms with Gasteiger partial charge in [-0.3, -0.25) is 4.55 Å². The summed E-state index contributed by atoms with van der Waals surface area (Å²) in [6, 6.07) is 0. The Bertz CT molecular complexity index is 526. The summed E-state index contributed by atoms with van der Waals surface area (Å²) in [5, 5.41) is 50.7. The average molecular weight is 405 g/mol. The molecule has 6 N–H and O–H groups in total. The van der Waals surface area contributed by atoms with Gasteiger partial charge < -0.3 is 30.3 Å². The molecule has 148 valence electrons. The molecule has 0 radical (unpaired) electrons. The first kappa shape index (κ1) is 22.5. The zero-order chi connectivity index (χ0) is 19.0. The van der Waals surface area contributed by atoms with E-state index < -0.39 is 46.9 Å². The summed E-state index contributed by atoms with van der Waals surface area (Å²) in [7, 11) is -4.82. The van der Waals surface area contributed by atoms with Gasteiger partial charge >= 0.3 is 10.4 Å². The van der Waals surface area contributed by atoms with E-state index in [0.29, 0.717) is 19.3 Å². The van der Waals surface area contributed by atoms with Crippen LogP contribution in [0, 0.1) is 0 Å². The molecule has 0 unspecified atom stereocenters. The minimum atomic E-state index is -4.82. The van der Waals surface area contributed by atoms with E-state index in [1.807, 2.05) is 0 Å². The summed E-state index contributed by atoms with van der Waals surface area (Å²) in [6.45, 7) is -0.611. The molecule has 1 aliphatic heterocycles. The van der Waals surface area contributed by atoms with Crippen molar-refractivity contribution in [2.45, 2.75) is 55.5 Å². The van der Waals surface area contributed by atoms with Crippen molar-refractivity contribution < 1.29 is 47.5 Å². The maximum Gasteiger partial charge on any atom is 0.466 e. The molecule has 0 bridgehead atoms. The summed E-state index contributed by atoms with van der Waals surface area (Å²) in [4.78, 5) is 0. The highest BCUT2D eigenvalue weighted by atomic mass is 32.3. The van der Waals surface area contributed by atoms with Crippen LogP contribution in [0.4, 0.5) is 0 Å². The highest BCUT2D eigenvalue weighted by molar-refractivity contribution is 8.14.